The summed E-state index contributed by atoms with van der Waals surface area (Å²) in [5.74, 6) is -0.0658. The number of benzene rings is 1. The van der Waals surface area contributed by atoms with Gasteiger partial charge in [0.15, 0.2) is 0 Å². The first-order valence-corrected chi connectivity index (χ1v) is 9.76. The summed E-state index contributed by atoms with van der Waals surface area (Å²) in [6.45, 7) is 3.34. The number of pyridine rings is 1. The molecule has 0 aliphatic carbocycles. The first-order chi connectivity index (χ1) is 12.4. The SMILES string of the molecule is NS(=O)(=O)c1ccc(N2CCN(CC(=O)Nc3cccnc3)CC2)cc1. The van der Waals surface area contributed by atoms with Gasteiger partial charge in [-0.25, -0.2) is 13.6 Å². The van der Waals surface area contributed by atoms with Gasteiger partial charge in [0.1, 0.15) is 0 Å². The van der Waals surface area contributed by atoms with Gasteiger partial charge in [-0.15, -0.1) is 0 Å². The molecule has 26 heavy (non-hydrogen) atoms. The maximum atomic E-state index is 12.1. The van der Waals surface area contributed by atoms with Crippen molar-refractivity contribution in [3.8, 4) is 0 Å². The number of piperazine rings is 1. The molecule has 1 fully saturated rings. The Morgan fingerprint density at radius 2 is 1.81 bits per heavy atom. The molecule has 1 aliphatic heterocycles. The van der Waals surface area contributed by atoms with E-state index in [0.29, 0.717) is 12.2 Å². The highest BCUT2D eigenvalue weighted by Gasteiger charge is 2.19. The summed E-state index contributed by atoms with van der Waals surface area (Å²) in [4.78, 5) is 20.4. The Morgan fingerprint density at radius 1 is 1.12 bits per heavy atom. The number of nitrogens with one attached hydrogen (secondary N) is 1. The van der Waals surface area contributed by atoms with E-state index < -0.39 is 10.0 Å². The van der Waals surface area contributed by atoms with Crippen molar-refractivity contribution in [2.75, 3.05) is 42.9 Å². The number of aromatic nitrogens is 1. The minimum Gasteiger partial charge on any atom is -0.369 e. The monoisotopic (exact) mass is 375 g/mol. The Labute approximate surface area is 152 Å². The van der Waals surface area contributed by atoms with Crippen LogP contribution in [0, 0.1) is 0 Å². The standard InChI is InChI=1S/C17H21N5O3S/c18-26(24,25)16-5-3-15(4-6-16)22-10-8-21(9-11-22)13-17(23)20-14-2-1-7-19-12-14/h1-7,12H,8-11,13H2,(H,20,23)(H2,18,24,25). The van der Waals surface area contributed by atoms with Gasteiger partial charge in [0.25, 0.3) is 0 Å². The number of nitrogens with zero attached hydrogens (tertiary/aromatic N) is 3. The van der Waals surface area contributed by atoms with Gasteiger partial charge in [-0.3, -0.25) is 14.7 Å². The van der Waals surface area contributed by atoms with Crippen LogP contribution in [0.5, 0.6) is 0 Å². The van der Waals surface area contributed by atoms with Gasteiger partial charge in [-0.05, 0) is 36.4 Å². The molecule has 1 saturated heterocycles. The summed E-state index contributed by atoms with van der Waals surface area (Å²) in [7, 11) is -3.67. The van der Waals surface area contributed by atoms with Gasteiger partial charge >= 0.3 is 0 Å². The third-order valence-corrected chi connectivity index (χ3v) is 5.14. The topological polar surface area (TPSA) is 109 Å². The number of carbonyl (C=O) groups is 1. The molecule has 0 bridgehead atoms. The fourth-order valence-corrected chi connectivity index (χ4v) is 3.37. The van der Waals surface area contributed by atoms with Gasteiger partial charge in [0.05, 0.1) is 23.3 Å². The van der Waals surface area contributed by atoms with E-state index in [1.165, 1.54) is 12.1 Å². The van der Waals surface area contributed by atoms with Crippen molar-refractivity contribution in [1.82, 2.24) is 9.88 Å². The maximum Gasteiger partial charge on any atom is 0.238 e. The lowest BCUT2D eigenvalue weighted by Gasteiger charge is -2.35. The summed E-state index contributed by atoms with van der Waals surface area (Å²) in [5.41, 5.74) is 1.63. The predicted molar refractivity (Wildman–Crippen MR) is 99.3 cm³/mol. The zero-order valence-corrected chi connectivity index (χ0v) is 15.0. The minimum absolute atomic E-state index is 0.0658. The van der Waals surface area contributed by atoms with E-state index >= 15 is 0 Å². The Kier molecular flexibility index (Phi) is 5.50. The zero-order chi connectivity index (χ0) is 18.6. The lowest BCUT2D eigenvalue weighted by Crippen LogP contribution is -2.48. The summed E-state index contributed by atoms with van der Waals surface area (Å²) < 4.78 is 22.6. The molecule has 0 atom stereocenters. The molecule has 3 rings (SSSR count). The number of carbonyl (C=O) groups excluding carboxylic acids is 1. The van der Waals surface area contributed by atoms with Crippen LogP contribution in [0.25, 0.3) is 0 Å². The van der Waals surface area contributed by atoms with Crippen molar-refractivity contribution in [3.63, 3.8) is 0 Å². The molecule has 0 radical (unpaired) electrons. The van der Waals surface area contributed by atoms with Gasteiger partial charge in [0, 0.05) is 38.1 Å². The van der Waals surface area contributed by atoms with Crippen LogP contribution in [0.4, 0.5) is 11.4 Å². The molecule has 1 aliphatic rings. The smallest absolute Gasteiger partial charge is 0.238 e. The van der Waals surface area contributed by atoms with Gasteiger partial charge in [-0.2, -0.15) is 0 Å². The second kappa shape index (κ2) is 7.81. The van der Waals surface area contributed by atoms with Crippen LogP contribution in [0.2, 0.25) is 0 Å². The average molecular weight is 375 g/mol. The zero-order valence-electron chi connectivity index (χ0n) is 14.2. The van der Waals surface area contributed by atoms with E-state index in [9.17, 15) is 13.2 Å². The summed E-state index contributed by atoms with van der Waals surface area (Å²) in [6, 6.07) is 10.1. The fourth-order valence-electron chi connectivity index (χ4n) is 2.85. The van der Waals surface area contributed by atoms with E-state index in [0.717, 1.165) is 31.9 Å². The second-order valence-electron chi connectivity index (χ2n) is 6.09. The van der Waals surface area contributed by atoms with Crippen LogP contribution >= 0.6 is 0 Å². The molecule has 9 heteroatoms. The van der Waals surface area contributed by atoms with Gasteiger partial charge in [0.2, 0.25) is 15.9 Å². The fraction of sp³-hybridized carbons (Fsp3) is 0.294. The van der Waals surface area contributed by atoms with Crippen molar-refractivity contribution < 1.29 is 13.2 Å². The molecule has 1 aromatic heterocycles. The normalized spacial score (nSPS) is 15.7. The minimum atomic E-state index is -3.67. The number of hydrogen-bond acceptors (Lipinski definition) is 6. The highest BCUT2D eigenvalue weighted by Crippen LogP contribution is 2.19. The number of rotatable bonds is 5. The Bertz CT molecular complexity index is 848. The third kappa shape index (κ3) is 4.78. The molecule has 0 saturated carbocycles. The first kappa shape index (κ1) is 18.3. The Hall–Kier alpha value is -2.49. The predicted octanol–water partition coefficient (Wildman–Crippen LogP) is 0.490. The van der Waals surface area contributed by atoms with Crippen LogP contribution in [0.1, 0.15) is 0 Å². The van der Waals surface area contributed by atoms with E-state index in [4.69, 9.17) is 5.14 Å². The van der Waals surface area contributed by atoms with Crippen molar-refractivity contribution in [2.45, 2.75) is 4.90 Å². The molecule has 8 nitrogen and oxygen atoms in total. The van der Waals surface area contributed by atoms with E-state index in [-0.39, 0.29) is 10.8 Å². The number of amides is 1. The summed E-state index contributed by atoms with van der Waals surface area (Å²) >= 11 is 0. The summed E-state index contributed by atoms with van der Waals surface area (Å²) in [6.07, 6.45) is 3.27. The highest BCUT2D eigenvalue weighted by molar-refractivity contribution is 7.89. The molecule has 2 aromatic rings. The van der Waals surface area contributed by atoms with Crippen molar-refractivity contribution >= 4 is 27.3 Å². The molecule has 0 spiro atoms. The quantitative estimate of drug-likeness (QED) is 0.787. The van der Waals surface area contributed by atoms with E-state index in [1.807, 2.05) is 0 Å². The molecule has 3 N–H and O–H groups in total. The lowest BCUT2D eigenvalue weighted by molar-refractivity contribution is -0.117. The Balaban J connectivity index is 1.50. The lowest BCUT2D eigenvalue weighted by atomic mass is 10.2. The van der Waals surface area contributed by atoms with Crippen molar-refractivity contribution in [2.24, 2.45) is 5.14 Å². The highest BCUT2D eigenvalue weighted by atomic mass is 32.2. The maximum absolute atomic E-state index is 12.1. The Morgan fingerprint density at radius 3 is 2.38 bits per heavy atom. The molecule has 138 valence electrons. The first-order valence-electron chi connectivity index (χ1n) is 8.22. The second-order valence-corrected chi connectivity index (χ2v) is 7.65. The largest absolute Gasteiger partial charge is 0.369 e. The van der Waals surface area contributed by atoms with Crippen LogP contribution in [0.3, 0.4) is 0 Å². The number of hydrogen-bond donors (Lipinski definition) is 2. The molecule has 1 aromatic carbocycles. The van der Waals surface area contributed by atoms with Crippen molar-refractivity contribution in [1.29, 1.82) is 0 Å². The van der Waals surface area contributed by atoms with Crippen molar-refractivity contribution in [3.05, 3.63) is 48.8 Å². The van der Waals surface area contributed by atoms with E-state index in [2.05, 4.69) is 20.1 Å². The number of sulfonamides is 1. The summed E-state index contributed by atoms with van der Waals surface area (Å²) in [5, 5.41) is 7.94. The van der Waals surface area contributed by atoms with Gasteiger partial charge < -0.3 is 10.2 Å². The molecular weight excluding hydrogens is 354 g/mol. The number of primary sulfonamides is 1. The van der Waals surface area contributed by atoms with Crippen LogP contribution in [0.15, 0.2) is 53.7 Å². The molecule has 0 unspecified atom stereocenters. The van der Waals surface area contributed by atoms with Crippen LogP contribution < -0.4 is 15.4 Å². The number of nitrogens with two attached hydrogens (primary N) is 1. The molecule has 2 heterocycles. The molecule has 1 amide bonds. The van der Waals surface area contributed by atoms with Crippen LogP contribution in [-0.2, 0) is 14.8 Å². The van der Waals surface area contributed by atoms with Crippen LogP contribution in [-0.4, -0.2) is 56.9 Å². The number of anilines is 2. The average Bonchev–Trinajstić information content (AvgIpc) is 2.62. The third-order valence-electron chi connectivity index (χ3n) is 4.22. The van der Waals surface area contributed by atoms with E-state index in [1.54, 1.807) is 36.7 Å². The molecular formula is C17H21N5O3S. The van der Waals surface area contributed by atoms with Gasteiger partial charge in [-0.1, -0.05) is 0 Å².